The first-order chi connectivity index (χ1) is 13.7. The van der Waals surface area contributed by atoms with Gasteiger partial charge in [0.1, 0.15) is 18.8 Å². The van der Waals surface area contributed by atoms with E-state index in [0.717, 1.165) is 11.1 Å². The maximum atomic E-state index is 12.6. The van der Waals surface area contributed by atoms with E-state index in [1.807, 2.05) is 51.1 Å². The Bertz CT molecular complexity index is 921. The van der Waals surface area contributed by atoms with Crippen LogP contribution in [-0.4, -0.2) is 26.7 Å². The quantitative estimate of drug-likeness (QED) is 0.473. The van der Waals surface area contributed by atoms with Crippen LogP contribution in [0.5, 0.6) is 0 Å². The van der Waals surface area contributed by atoms with Crippen LogP contribution in [0.15, 0.2) is 59.5 Å². The summed E-state index contributed by atoms with van der Waals surface area (Å²) in [5.41, 5.74) is 1.78. The average Bonchev–Trinajstić information content (AvgIpc) is 2.67. The molecule has 0 aliphatic rings. The lowest BCUT2D eigenvalue weighted by Crippen LogP contribution is -2.36. The van der Waals surface area contributed by atoms with Crippen LogP contribution in [0.3, 0.4) is 0 Å². The third-order valence-electron chi connectivity index (χ3n) is 4.60. The van der Waals surface area contributed by atoms with Crippen molar-refractivity contribution in [2.45, 2.75) is 38.7 Å². The van der Waals surface area contributed by atoms with Crippen molar-refractivity contribution in [3.05, 3.63) is 65.7 Å². The van der Waals surface area contributed by atoms with E-state index in [1.54, 1.807) is 12.1 Å². The Balaban J connectivity index is 1.93. The molecule has 0 spiro atoms. The Morgan fingerprint density at radius 3 is 2.21 bits per heavy atom. The molecule has 0 amide bonds. The van der Waals surface area contributed by atoms with Gasteiger partial charge >= 0.3 is 5.97 Å². The van der Waals surface area contributed by atoms with Crippen molar-refractivity contribution >= 4 is 21.8 Å². The Labute approximate surface area is 172 Å². The number of hydrogen-bond donors (Lipinski definition) is 1. The van der Waals surface area contributed by atoms with Crippen molar-refractivity contribution in [1.82, 2.24) is 4.72 Å². The van der Waals surface area contributed by atoms with Gasteiger partial charge in [-0.2, -0.15) is 0 Å². The largest absolute Gasteiger partial charge is 0.460 e. The van der Waals surface area contributed by atoms with Crippen molar-refractivity contribution in [2.24, 2.45) is 11.8 Å². The lowest BCUT2D eigenvalue weighted by atomic mass is 9.90. The van der Waals surface area contributed by atoms with Crippen LogP contribution in [0.25, 0.3) is 0 Å². The molecule has 0 aromatic heterocycles. The molecule has 0 heterocycles. The average molecular weight is 418 g/mol. The van der Waals surface area contributed by atoms with E-state index in [-0.39, 0.29) is 36.2 Å². The number of esters is 1. The Hall–Kier alpha value is -2.51. The first kappa shape index (κ1) is 22.8. The first-order valence-electron chi connectivity index (χ1n) is 9.47. The zero-order valence-corrected chi connectivity index (χ0v) is 17.7. The van der Waals surface area contributed by atoms with E-state index < -0.39 is 21.9 Å². The third-order valence-corrected chi connectivity index (χ3v) is 6.04. The monoisotopic (exact) mass is 417 g/mol. The van der Waals surface area contributed by atoms with Crippen molar-refractivity contribution in [2.75, 3.05) is 6.54 Å². The van der Waals surface area contributed by atoms with Crippen LogP contribution in [-0.2, 0) is 31.0 Å². The molecule has 1 atom stereocenters. The summed E-state index contributed by atoms with van der Waals surface area (Å²) in [6.45, 7) is 5.53. The van der Waals surface area contributed by atoms with Crippen LogP contribution < -0.4 is 4.72 Å². The summed E-state index contributed by atoms with van der Waals surface area (Å²) in [6.07, 6.45) is -0.387. The lowest BCUT2D eigenvalue weighted by Gasteiger charge is -2.20. The van der Waals surface area contributed by atoms with Gasteiger partial charge in [0.15, 0.2) is 0 Å². The molecule has 2 aromatic rings. The summed E-state index contributed by atoms with van der Waals surface area (Å²) < 4.78 is 32.6. The molecule has 0 aliphatic carbocycles. The maximum Gasteiger partial charge on any atom is 0.313 e. The van der Waals surface area contributed by atoms with Gasteiger partial charge in [0.2, 0.25) is 10.0 Å². The van der Waals surface area contributed by atoms with Crippen molar-refractivity contribution < 1.29 is 22.7 Å². The molecule has 29 heavy (non-hydrogen) atoms. The minimum absolute atomic E-state index is 0.0708. The number of ketones is 1. The van der Waals surface area contributed by atoms with Crippen LogP contribution in [0, 0.1) is 18.8 Å². The number of rotatable bonds is 10. The number of carbonyl (C=O) groups excluding carboxylic acids is 2. The second kappa shape index (κ2) is 10.3. The van der Waals surface area contributed by atoms with Gasteiger partial charge in [0.05, 0.1) is 4.90 Å². The van der Waals surface area contributed by atoms with Crippen LogP contribution >= 0.6 is 0 Å². The number of benzene rings is 2. The van der Waals surface area contributed by atoms with E-state index in [2.05, 4.69) is 4.72 Å². The molecule has 6 nitrogen and oxygen atoms in total. The number of aryl methyl sites for hydroxylation is 1. The summed E-state index contributed by atoms with van der Waals surface area (Å²) >= 11 is 0. The van der Waals surface area contributed by atoms with Crippen molar-refractivity contribution in [3.63, 3.8) is 0 Å². The molecule has 2 aromatic carbocycles. The fraction of sp³-hybridized carbons (Fsp3) is 0.364. The molecule has 1 N–H and O–H groups in total. The van der Waals surface area contributed by atoms with E-state index in [4.69, 9.17) is 4.74 Å². The zero-order chi connectivity index (χ0) is 21.4. The predicted octanol–water partition coefficient (Wildman–Crippen LogP) is 3.25. The molecule has 0 saturated heterocycles. The summed E-state index contributed by atoms with van der Waals surface area (Å²) in [4.78, 5) is 24.7. The van der Waals surface area contributed by atoms with Gasteiger partial charge in [-0.15, -0.1) is 0 Å². The number of Topliss-reactive ketones (excluding diaryl/α,β-unsaturated/α-hetero) is 1. The summed E-state index contributed by atoms with van der Waals surface area (Å²) in [5.74, 6) is -1.72. The Kier molecular flexibility index (Phi) is 8.10. The number of sulfonamides is 1. The highest BCUT2D eigenvalue weighted by Crippen LogP contribution is 2.16. The molecule has 0 radical (unpaired) electrons. The van der Waals surface area contributed by atoms with E-state index in [0.29, 0.717) is 0 Å². The summed E-state index contributed by atoms with van der Waals surface area (Å²) in [6, 6.07) is 15.6. The molecule has 0 aliphatic heterocycles. The molecule has 7 heteroatoms. The summed E-state index contributed by atoms with van der Waals surface area (Å²) in [7, 11) is -3.73. The molecule has 156 valence electrons. The predicted molar refractivity (Wildman–Crippen MR) is 111 cm³/mol. The molecule has 0 bridgehead atoms. The molecule has 1 unspecified atom stereocenters. The highest BCUT2D eigenvalue weighted by molar-refractivity contribution is 7.89. The Morgan fingerprint density at radius 1 is 1.00 bits per heavy atom. The molecule has 2 rings (SSSR count). The number of ether oxygens (including phenoxy) is 1. The van der Waals surface area contributed by atoms with Gasteiger partial charge in [-0.25, -0.2) is 13.1 Å². The minimum atomic E-state index is -3.73. The summed E-state index contributed by atoms with van der Waals surface area (Å²) in [5, 5.41) is 0. The second-order valence-corrected chi connectivity index (χ2v) is 9.07. The standard InChI is InChI=1S/C22H27NO5S/c1-16(2)20(14-23-29(26,27)19-11-9-17(3)10-12-19)21(24)13-22(25)28-15-18-7-5-4-6-8-18/h4-12,16,20,23H,13-15H2,1-3H3. The van der Waals surface area contributed by atoms with Gasteiger partial charge in [0.25, 0.3) is 0 Å². The van der Waals surface area contributed by atoms with Crippen LogP contribution in [0.4, 0.5) is 0 Å². The van der Waals surface area contributed by atoms with E-state index in [1.165, 1.54) is 12.1 Å². The smallest absolute Gasteiger partial charge is 0.313 e. The SMILES string of the molecule is Cc1ccc(S(=O)(=O)NCC(C(=O)CC(=O)OCc2ccccc2)C(C)C)cc1. The molecule has 0 saturated carbocycles. The molecular formula is C22H27NO5S. The topological polar surface area (TPSA) is 89.5 Å². The van der Waals surface area contributed by atoms with E-state index in [9.17, 15) is 18.0 Å². The third kappa shape index (κ3) is 7.11. The maximum absolute atomic E-state index is 12.6. The fourth-order valence-corrected chi connectivity index (χ4v) is 3.84. The second-order valence-electron chi connectivity index (χ2n) is 7.30. The van der Waals surface area contributed by atoms with Crippen LogP contribution in [0.1, 0.15) is 31.4 Å². The van der Waals surface area contributed by atoms with Gasteiger partial charge in [-0.3, -0.25) is 9.59 Å². The molecule has 0 fully saturated rings. The first-order valence-corrected chi connectivity index (χ1v) is 11.0. The van der Waals surface area contributed by atoms with Crippen molar-refractivity contribution in [1.29, 1.82) is 0 Å². The van der Waals surface area contributed by atoms with Gasteiger partial charge in [-0.05, 0) is 30.5 Å². The van der Waals surface area contributed by atoms with Gasteiger partial charge < -0.3 is 4.74 Å². The lowest BCUT2D eigenvalue weighted by molar-refractivity contribution is -0.148. The van der Waals surface area contributed by atoms with Gasteiger partial charge in [0, 0.05) is 12.5 Å². The van der Waals surface area contributed by atoms with Gasteiger partial charge in [-0.1, -0.05) is 61.9 Å². The number of hydrogen-bond acceptors (Lipinski definition) is 5. The number of nitrogens with one attached hydrogen (secondary N) is 1. The molecular weight excluding hydrogens is 390 g/mol. The zero-order valence-electron chi connectivity index (χ0n) is 16.9. The fourth-order valence-electron chi connectivity index (χ4n) is 2.78. The Morgan fingerprint density at radius 2 is 1.62 bits per heavy atom. The van der Waals surface area contributed by atoms with Crippen LogP contribution in [0.2, 0.25) is 0 Å². The highest BCUT2D eigenvalue weighted by Gasteiger charge is 2.27. The van der Waals surface area contributed by atoms with Crippen molar-refractivity contribution in [3.8, 4) is 0 Å². The highest BCUT2D eigenvalue weighted by atomic mass is 32.2. The minimum Gasteiger partial charge on any atom is -0.460 e. The van der Waals surface area contributed by atoms with E-state index >= 15 is 0 Å². The number of carbonyl (C=O) groups is 2. The normalized spacial score (nSPS) is 12.6.